The molecule has 1 N–H and O–H groups in total. The molecular formula is C17H20N2OS. The number of nitrogens with one attached hydrogen (secondary N) is 1. The van der Waals surface area contributed by atoms with Gasteiger partial charge in [-0.05, 0) is 26.3 Å². The molecule has 0 radical (unpaired) electrons. The highest BCUT2D eigenvalue weighted by Gasteiger charge is 2.17. The molecule has 0 aliphatic carbocycles. The fourth-order valence-corrected chi connectivity index (χ4v) is 3.41. The molecule has 0 saturated carbocycles. The predicted octanol–water partition coefficient (Wildman–Crippen LogP) is 4.61. The molecule has 0 saturated heterocycles. The molecule has 2 aromatic heterocycles. The van der Waals surface area contributed by atoms with Crippen LogP contribution in [-0.4, -0.2) is 4.98 Å². The van der Waals surface area contributed by atoms with E-state index in [9.17, 15) is 0 Å². The summed E-state index contributed by atoms with van der Waals surface area (Å²) in [4.78, 5) is 5.55. The van der Waals surface area contributed by atoms with Gasteiger partial charge in [-0.2, -0.15) is 0 Å². The van der Waals surface area contributed by atoms with Crippen LogP contribution >= 0.6 is 11.3 Å². The van der Waals surface area contributed by atoms with Gasteiger partial charge in [-0.15, -0.1) is 11.3 Å². The van der Waals surface area contributed by atoms with Crippen LogP contribution in [0.4, 0.5) is 0 Å². The van der Waals surface area contributed by atoms with Crippen LogP contribution < -0.4 is 5.32 Å². The van der Waals surface area contributed by atoms with Crippen molar-refractivity contribution >= 4 is 22.3 Å². The number of hydrogen-bond acceptors (Lipinski definition) is 4. The Hall–Kier alpha value is -1.65. The van der Waals surface area contributed by atoms with Crippen LogP contribution in [0.5, 0.6) is 0 Å². The molecule has 1 aromatic carbocycles. The van der Waals surface area contributed by atoms with E-state index in [1.54, 1.807) is 11.3 Å². The molecule has 0 amide bonds. The van der Waals surface area contributed by atoms with E-state index < -0.39 is 0 Å². The lowest BCUT2D eigenvalue weighted by Gasteiger charge is -2.12. The van der Waals surface area contributed by atoms with Gasteiger partial charge in [0.05, 0.1) is 11.0 Å². The summed E-state index contributed by atoms with van der Waals surface area (Å²) in [6, 6.07) is 8.46. The maximum Gasteiger partial charge on any atom is 0.134 e. The summed E-state index contributed by atoms with van der Waals surface area (Å²) in [5.41, 5.74) is 2.29. The van der Waals surface area contributed by atoms with Gasteiger partial charge >= 0.3 is 0 Å². The number of thiazole rings is 1. The Kier molecular flexibility index (Phi) is 4.08. The Morgan fingerprint density at radius 1 is 1.33 bits per heavy atom. The Labute approximate surface area is 129 Å². The minimum absolute atomic E-state index is 0.190. The van der Waals surface area contributed by atoms with Crippen molar-refractivity contribution in [3.05, 3.63) is 51.7 Å². The fraction of sp³-hybridized carbons (Fsp3) is 0.353. The first kappa shape index (κ1) is 14.3. The third-order valence-electron chi connectivity index (χ3n) is 3.73. The number of benzene rings is 1. The van der Waals surface area contributed by atoms with Gasteiger partial charge in [0, 0.05) is 28.6 Å². The first-order valence-corrected chi connectivity index (χ1v) is 8.15. The van der Waals surface area contributed by atoms with Crippen molar-refractivity contribution in [3.63, 3.8) is 0 Å². The Balaban J connectivity index is 1.82. The second-order valence-electron chi connectivity index (χ2n) is 5.24. The van der Waals surface area contributed by atoms with E-state index in [0.717, 1.165) is 29.3 Å². The molecule has 0 fully saturated rings. The van der Waals surface area contributed by atoms with E-state index >= 15 is 0 Å². The molecule has 1 unspecified atom stereocenters. The largest absolute Gasteiger partial charge is 0.459 e. The molecule has 3 aromatic rings. The van der Waals surface area contributed by atoms with Crippen LogP contribution in [0.25, 0.3) is 11.0 Å². The average molecular weight is 300 g/mol. The standard InChI is InChI=1S/C17H20N2OS/c1-4-14-15-7-5-6-8-16(15)20-17(14)11(2)18-9-13-10-19-12(3)21-13/h5-8,10-11,18H,4,9H2,1-3H3. The van der Waals surface area contributed by atoms with Crippen LogP contribution in [-0.2, 0) is 13.0 Å². The van der Waals surface area contributed by atoms with Gasteiger partial charge in [-0.3, -0.25) is 0 Å². The number of hydrogen-bond donors (Lipinski definition) is 1. The first-order valence-electron chi connectivity index (χ1n) is 7.34. The summed E-state index contributed by atoms with van der Waals surface area (Å²) in [5, 5.41) is 5.88. The number of aryl methyl sites for hydroxylation is 2. The molecule has 4 heteroatoms. The summed E-state index contributed by atoms with van der Waals surface area (Å²) < 4.78 is 6.07. The van der Waals surface area contributed by atoms with E-state index in [-0.39, 0.29) is 6.04 Å². The van der Waals surface area contributed by atoms with Gasteiger partial charge in [0.15, 0.2) is 0 Å². The second-order valence-corrected chi connectivity index (χ2v) is 6.56. The van der Waals surface area contributed by atoms with Gasteiger partial charge < -0.3 is 9.73 Å². The Morgan fingerprint density at radius 2 is 2.14 bits per heavy atom. The minimum Gasteiger partial charge on any atom is -0.459 e. The molecule has 1 atom stereocenters. The summed E-state index contributed by atoms with van der Waals surface area (Å²) >= 11 is 1.74. The van der Waals surface area contributed by atoms with Crippen molar-refractivity contribution in [2.75, 3.05) is 0 Å². The molecule has 110 valence electrons. The lowest BCUT2D eigenvalue weighted by molar-refractivity contribution is 0.447. The molecule has 0 spiro atoms. The monoisotopic (exact) mass is 300 g/mol. The lowest BCUT2D eigenvalue weighted by atomic mass is 10.1. The predicted molar refractivity (Wildman–Crippen MR) is 87.7 cm³/mol. The highest BCUT2D eigenvalue weighted by Crippen LogP contribution is 2.30. The normalized spacial score (nSPS) is 12.9. The van der Waals surface area contributed by atoms with Crippen LogP contribution in [0.15, 0.2) is 34.9 Å². The molecule has 3 nitrogen and oxygen atoms in total. The molecule has 0 bridgehead atoms. The number of furan rings is 1. The molecule has 21 heavy (non-hydrogen) atoms. The van der Waals surface area contributed by atoms with Gasteiger partial charge in [0.25, 0.3) is 0 Å². The first-order chi connectivity index (χ1) is 10.2. The number of fused-ring (bicyclic) bond motifs is 1. The van der Waals surface area contributed by atoms with Crippen molar-refractivity contribution in [3.8, 4) is 0 Å². The fourth-order valence-electron chi connectivity index (χ4n) is 2.67. The van der Waals surface area contributed by atoms with Crippen LogP contribution in [0.1, 0.15) is 41.1 Å². The van der Waals surface area contributed by atoms with Crippen molar-refractivity contribution in [2.24, 2.45) is 0 Å². The number of aromatic nitrogens is 1. The van der Waals surface area contributed by atoms with E-state index in [4.69, 9.17) is 4.42 Å². The van der Waals surface area contributed by atoms with E-state index in [1.807, 2.05) is 25.3 Å². The van der Waals surface area contributed by atoms with Gasteiger partial charge in [0.2, 0.25) is 0 Å². The molecule has 0 aliphatic rings. The van der Waals surface area contributed by atoms with E-state index in [1.165, 1.54) is 15.8 Å². The molecule has 3 rings (SSSR count). The second kappa shape index (κ2) is 6.00. The average Bonchev–Trinajstić information content (AvgIpc) is 3.07. The van der Waals surface area contributed by atoms with Crippen molar-refractivity contribution in [1.29, 1.82) is 0 Å². The molecular weight excluding hydrogens is 280 g/mol. The zero-order valence-electron chi connectivity index (χ0n) is 12.6. The maximum absolute atomic E-state index is 6.07. The van der Waals surface area contributed by atoms with Gasteiger partial charge in [-0.1, -0.05) is 25.1 Å². The number of para-hydroxylation sites is 1. The quantitative estimate of drug-likeness (QED) is 0.747. The lowest BCUT2D eigenvalue weighted by Crippen LogP contribution is -2.18. The highest BCUT2D eigenvalue weighted by molar-refractivity contribution is 7.11. The highest BCUT2D eigenvalue weighted by atomic mass is 32.1. The third-order valence-corrected chi connectivity index (χ3v) is 4.64. The Morgan fingerprint density at radius 3 is 2.86 bits per heavy atom. The van der Waals surface area contributed by atoms with E-state index in [0.29, 0.717) is 0 Å². The number of rotatable bonds is 5. The SMILES string of the molecule is CCc1c(C(C)NCc2cnc(C)s2)oc2ccccc12. The summed E-state index contributed by atoms with van der Waals surface area (Å²) in [6.45, 7) is 7.20. The number of nitrogens with zero attached hydrogens (tertiary/aromatic N) is 1. The van der Waals surface area contributed by atoms with Crippen molar-refractivity contribution in [1.82, 2.24) is 10.3 Å². The molecule has 0 aliphatic heterocycles. The van der Waals surface area contributed by atoms with E-state index in [2.05, 4.69) is 36.3 Å². The van der Waals surface area contributed by atoms with Crippen molar-refractivity contribution in [2.45, 2.75) is 39.8 Å². The zero-order chi connectivity index (χ0) is 14.8. The topological polar surface area (TPSA) is 38.1 Å². The van der Waals surface area contributed by atoms with Gasteiger partial charge in [-0.25, -0.2) is 4.98 Å². The molecule has 2 heterocycles. The third kappa shape index (κ3) is 2.87. The van der Waals surface area contributed by atoms with Crippen LogP contribution in [0, 0.1) is 6.92 Å². The van der Waals surface area contributed by atoms with Crippen molar-refractivity contribution < 1.29 is 4.42 Å². The Bertz CT molecular complexity index is 744. The summed E-state index contributed by atoms with van der Waals surface area (Å²) in [6.07, 6.45) is 2.93. The van der Waals surface area contributed by atoms with Crippen LogP contribution in [0.3, 0.4) is 0 Å². The smallest absolute Gasteiger partial charge is 0.134 e. The maximum atomic E-state index is 6.07. The summed E-state index contributed by atoms with van der Waals surface area (Å²) in [5.74, 6) is 1.06. The van der Waals surface area contributed by atoms with Crippen LogP contribution in [0.2, 0.25) is 0 Å². The minimum atomic E-state index is 0.190. The zero-order valence-corrected chi connectivity index (χ0v) is 13.5. The van der Waals surface area contributed by atoms with Gasteiger partial charge in [0.1, 0.15) is 11.3 Å². The summed E-state index contributed by atoms with van der Waals surface area (Å²) in [7, 11) is 0.